The summed E-state index contributed by atoms with van der Waals surface area (Å²) in [5.74, 6) is 1.51. The number of aromatic amines is 1. The van der Waals surface area contributed by atoms with Gasteiger partial charge in [-0.25, -0.2) is 4.21 Å². The van der Waals surface area contributed by atoms with E-state index in [4.69, 9.17) is 9.47 Å². The fraction of sp³-hybridized carbons (Fsp3) is 0.333. The number of hydrogen-bond donors (Lipinski definition) is 1. The first-order chi connectivity index (χ1) is 13.3. The Hall–Kier alpha value is -2.31. The van der Waals surface area contributed by atoms with E-state index in [1.807, 2.05) is 48.7 Å². The number of benzene rings is 2. The van der Waals surface area contributed by atoms with Crippen LogP contribution < -0.4 is 9.47 Å². The molecular weight excluding hydrogens is 360 g/mol. The molecule has 0 aliphatic carbocycles. The number of ether oxygens (including phenoxy) is 2. The van der Waals surface area contributed by atoms with E-state index in [-0.39, 0.29) is 0 Å². The zero-order chi connectivity index (χ0) is 18.6. The molecule has 1 atom stereocenters. The summed E-state index contributed by atoms with van der Waals surface area (Å²) in [4.78, 5) is 7.15. The number of fused-ring (bicyclic) bond motifs is 1. The maximum atomic E-state index is 13.1. The molecule has 1 fully saturated rings. The largest absolute Gasteiger partial charge is 0.497 e. The van der Waals surface area contributed by atoms with Gasteiger partial charge in [-0.15, -0.1) is 0 Å². The minimum atomic E-state index is -1.29. The molecule has 0 amide bonds. The minimum absolute atomic E-state index is 0.659. The lowest BCUT2D eigenvalue weighted by Gasteiger charge is -2.15. The van der Waals surface area contributed by atoms with Gasteiger partial charge in [0.15, 0.2) is 0 Å². The van der Waals surface area contributed by atoms with Gasteiger partial charge in [0.25, 0.3) is 0 Å². The lowest BCUT2D eigenvalue weighted by Crippen LogP contribution is -2.25. The molecule has 2 aromatic carbocycles. The molecule has 0 saturated carbocycles. The minimum Gasteiger partial charge on any atom is -0.497 e. The summed E-state index contributed by atoms with van der Waals surface area (Å²) in [6.45, 7) is 3.94. The van der Waals surface area contributed by atoms with Crippen molar-refractivity contribution in [3.8, 4) is 11.5 Å². The third kappa shape index (κ3) is 3.87. The molecule has 0 radical (unpaired) electrons. The molecule has 3 aromatic rings. The number of likely N-dealkylation sites (tertiary alicyclic amines) is 1. The first-order valence-electron chi connectivity index (χ1n) is 9.27. The number of rotatable bonds is 7. The van der Waals surface area contributed by atoms with Crippen LogP contribution in [0, 0.1) is 0 Å². The van der Waals surface area contributed by atoms with Crippen molar-refractivity contribution in [1.29, 1.82) is 0 Å². The molecule has 1 N–H and O–H groups in total. The molecular formula is C21H24N2O3S. The van der Waals surface area contributed by atoms with Gasteiger partial charge in [-0.1, -0.05) is 18.2 Å². The van der Waals surface area contributed by atoms with Crippen LogP contribution in [0.4, 0.5) is 0 Å². The van der Waals surface area contributed by atoms with Gasteiger partial charge in [0, 0.05) is 23.0 Å². The van der Waals surface area contributed by atoms with Crippen LogP contribution in [-0.2, 0) is 10.8 Å². The highest BCUT2D eigenvalue weighted by Crippen LogP contribution is 2.31. The van der Waals surface area contributed by atoms with Crippen LogP contribution in [0.15, 0.2) is 58.5 Å². The average molecular weight is 385 g/mol. The standard InChI is InChI=1S/C21H24N2O3S/c1-25-16-6-4-7-17(14-16)27(24)20-15-22-21-18(20)8-5-9-19(21)26-13-12-23-10-2-3-11-23/h4-9,14-15,22H,2-3,10-13H2,1H3. The molecule has 5 nitrogen and oxygen atoms in total. The van der Waals surface area contributed by atoms with Crippen LogP contribution in [0.2, 0.25) is 0 Å². The summed E-state index contributed by atoms with van der Waals surface area (Å²) < 4.78 is 24.4. The molecule has 2 heterocycles. The molecule has 27 heavy (non-hydrogen) atoms. The third-order valence-corrected chi connectivity index (χ3v) is 6.38. The van der Waals surface area contributed by atoms with Crippen LogP contribution in [0.5, 0.6) is 11.5 Å². The van der Waals surface area contributed by atoms with E-state index >= 15 is 0 Å². The summed E-state index contributed by atoms with van der Waals surface area (Å²) in [6, 6.07) is 13.3. The number of aromatic nitrogens is 1. The monoisotopic (exact) mass is 384 g/mol. The third-order valence-electron chi connectivity index (χ3n) is 4.96. The van der Waals surface area contributed by atoms with E-state index in [1.165, 1.54) is 25.9 Å². The molecule has 1 aromatic heterocycles. The Balaban J connectivity index is 1.55. The highest BCUT2D eigenvalue weighted by molar-refractivity contribution is 7.85. The second-order valence-corrected chi connectivity index (χ2v) is 8.13. The number of para-hydroxylation sites is 1. The lowest BCUT2D eigenvalue weighted by atomic mass is 10.2. The van der Waals surface area contributed by atoms with E-state index in [0.29, 0.717) is 12.4 Å². The van der Waals surface area contributed by atoms with E-state index < -0.39 is 10.8 Å². The summed E-state index contributed by atoms with van der Waals surface area (Å²) in [6.07, 6.45) is 4.38. The Morgan fingerprint density at radius 1 is 1.15 bits per heavy atom. The lowest BCUT2D eigenvalue weighted by molar-refractivity contribution is 0.239. The SMILES string of the molecule is COc1cccc(S(=O)c2c[nH]c3c(OCCN4CCCC4)cccc23)c1. The predicted molar refractivity (Wildman–Crippen MR) is 107 cm³/mol. The van der Waals surface area contributed by atoms with Crippen molar-refractivity contribution in [1.82, 2.24) is 9.88 Å². The Bertz CT molecular complexity index is 948. The molecule has 4 rings (SSSR count). The summed E-state index contributed by atoms with van der Waals surface area (Å²) in [5, 5.41) is 0.926. The number of methoxy groups -OCH3 is 1. The van der Waals surface area contributed by atoms with Gasteiger partial charge in [-0.05, 0) is 50.2 Å². The van der Waals surface area contributed by atoms with Gasteiger partial charge in [-0.2, -0.15) is 0 Å². The van der Waals surface area contributed by atoms with Crippen molar-refractivity contribution >= 4 is 21.7 Å². The van der Waals surface area contributed by atoms with Crippen LogP contribution >= 0.6 is 0 Å². The van der Waals surface area contributed by atoms with Gasteiger partial charge in [0.05, 0.1) is 28.3 Å². The Labute approximate surface area is 161 Å². The van der Waals surface area contributed by atoms with E-state index in [2.05, 4.69) is 9.88 Å². The van der Waals surface area contributed by atoms with E-state index in [9.17, 15) is 4.21 Å². The van der Waals surface area contributed by atoms with Crippen LogP contribution in [0.25, 0.3) is 10.9 Å². The number of hydrogen-bond acceptors (Lipinski definition) is 4. The zero-order valence-corrected chi connectivity index (χ0v) is 16.3. The number of H-pyrrole nitrogens is 1. The highest BCUT2D eigenvalue weighted by Gasteiger charge is 2.16. The van der Waals surface area contributed by atoms with Crippen LogP contribution in [0.1, 0.15) is 12.8 Å². The second kappa shape index (κ2) is 8.15. The maximum absolute atomic E-state index is 13.1. The van der Waals surface area contributed by atoms with Gasteiger partial charge in [0.2, 0.25) is 0 Å². The van der Waals surface area contributed by atoms with Crippen LogP contribution in [0.3, 0.4) is 0 Å². The van der Waals surface area contributed by atoms with Crippen molar-refractivity contribution in [3.63, 3.8) is 0 Å². The Morgan fingerprint density at radius 3 is 2.78 bits per heavy atom. The van der Waals surface area contributed by atoms with Crippen molar-refractivity contribution in [3.05, 3.63) is 48.7 Å². The van der Waals surface area contributed by atoms with Crippen molar-refractivity contribution in [2.45, 2.75) is 22.6 Å². The molecule has 0 spiro atoms. The molecule has 1 unspecified atom stereocenters. The molecule has 142 valence electrons. The molecule has 1 aliphatic heterocycles. The molecule has 0 bridgehead atoms. The zero-order valence-electron chi connectivity index (χ0n) is 15.4. The average Bonchev–Trinajstić information content (AvgIpc) is 3.37. The summed E-state index contributed by atoms with van der Waals surface area (Å²) in [7, 11) is 0.318. The number of nitrogens with one attached hydrogen (secondary N) is 1. The summed E-state index contributed by atoms with van der Waals surface area (Å²) >= 11 is 0. The number of nitrogens with zero attached hydrogens (tertiary/aromatic N) is 1. The first kappa shape index (κ1) is 18.1. The van der Waals surface area contributed by atoms with E-state index in [1.54, 1.807) is 7.11 Å². The predicted octanol–water partition coefficient (Wildman–Crippen LogP) is 3.82. The smallest absolute Gasteiger partial charge is 0.143 e. The van der Waals surface area contributed by atoms with Gasteiger partial charge in [-0.3, -0.25) is 4.90 Å². The van der Waals surface area contributed by atoms with Gasteiger partial charge >= 0.3 is 0 Å². The second-order valence-electron chi connectivity index (χ2n) is 6.68. The van der Waals surface area contributed by atoms with Crippen molar-refractivity contribution in [2.75, 3.05) is 33.4 Å². The van der Waals surface area contributed by atoms with Gasteiger partial charge in [0.1, 0.15) is 18.1 Å². The first-order valence-corrected chi connectivity index (χ1v) is 10.4. The quantitative estimate of drug-likeness (QED) is 0.673. The summed E-state index contributed by atoms with van der Waals surface area (Å²) in [5.41, 5.74) is 0.894. The van der Waals surface area contributed by atoms with Crippen molar-refractivity contribution < 1.29 is 13.7 Å². The topological polar surface area (TPSA) is 54.6 Å². The maximum Gasteiger partial charge on any atom is 0.143 e. The normalized spacial score (nSPS) is 15.9. The Morgan fingerprint density at radius 2 is 1.96 bits per heavy atom. The fourth-order valence-electron chi connectivity index (χ4n) is 3.51. The van der Waals surface area contributed by atoms with E-state index in [0.717, 1.165) is 33.0 Å². The fourth-order valence-corrected chi connectivity index (χ4v) is 4.72. The molecule has 1 saturated heterocycles. The van der Waals surface area contributed by atoms with Crippen molar-refractivity contribution in [2.24, 2.45) is 0 Å². The van der Waals surface area contributed by atoms with Gasteiger partial charge < -0.3 is 14.5 Å². The van der Waals surface area contributed by atoms with Crippen LogP contribution in [-0.4, -0.2) is 47.4 Å². The molecule has 1 aliphatic rings. The Kier molecular flexibility index (Phi) is 5.45. The highest BCUT2D eigenvalue weighted by atomic mass is 32.2. The molecule has 6 heteroatoms.